The number of nitrogens with one attached hydrogen (secondary N) is 1. The molecule has 1 aliphatic rings. The molecule has 0 bridgehead atoms. The van der Waals surface area contributed by atoms with Crippen molar-refractivity contribution in [2.45, 2.75) is 23.9 Å². The molecule has 0 aromatic carbocycles. The number of sulfonamides is 1. The van der Waals surface area contributed by atoms with Gasteiger partial charge in [0.05, 0.1) is 6.20 Å². The summed E-state index contributed by atoms with van der Waals surface area (Å²) in [5, 5.41) is 14.3. The highest BCUT2D eigenvalue weighted by Crippen LogP contribution is 2.22. The average molecular weight is 289 g/mol. The van der Waals surface area contributed by atoms with Crippen molar-refractivity contribution in [1.82, 2.24) is 14.5 Å². The average Bonchev–Trinajstić information content (AvgIpc) is 2.89. The van der Waals surface area contributed by atoms with E-state index < -0.39 is 16.0 Å². The number of aromatic carboxylic acids is 1. The van der Waals surface area contributed by atoms with E-state index >= 15 is 0 Å². The van der Waals surface area contributed by atoms with E-state index in [9.17, 15) is 13.2 Å². The van der Waals surface area contributed by atoms with E-state index in [-0.39, 0.29) is 16.6 Å². The zero-order valence-electron chi connectivity index (χ0n) is 10.4. The Bertz CT molecular complexity index is 561. The van der Waals surface area contributed by atoms with Crippen LogP contribution in [0.3, 0.4) is 0 Å². The summed E-state index contributed by atoms with van der Waals surface area (Å²) in [6.45, 7) is 0.999. The number of hydrogen-bond donors (Lipinski definition) is 2. The van der Waals surface area contributed by atoms with Gasteiger partial charge in [0.25, 0.3) is 10.0 Å². The van der Waals surface area contributed by atoms with Crippen LogP contribution in [0.1, 0.15) is 23.2 Å². The number of carboxylic acid groups (broad SMARTS) is 1. The zero-order chi connectivity index (χ0) is 14.0. The van der Waals surface area contributed by atoms with Gasteiger partial charge in [0.2, 0.25) is 0 Å². The summed E-state index contributed by atoms with van der Waals surface area (Å²) in [5.41, 5.74) is -0.348. The van der Waals surface area contributed by atoms with Gasteiger partial charge in [-0.25, -0.2) is 13.2 Å². The summed E-state index contributed by atoms with van der Waals surface area (Å²) in [6, 6.07) is -0.191. The highest BCUT2D eigenvalue weighted by atomic mass is 32.2. The van der Waals surface area contributed by atoms with Crippen molar-refractivity contribution in [2.75, 3.05) is 20.3 Å². The van der Waals surface area contributed by atoms with Crippen molar-refractivity contribution in [3.63, 3.8) is 0 Å². The van der Waals surface area contributed by atoms with E-state index in [4.69, 9.17) is 9.84 Å². The van der Waals surface area contributed by atoms with Crippen molar-refractivity contribution in [2.24, 2.45) is 0 Å². The van der Waals surface area contributed by atoms with Crippen LogP contribution in [0.4, 0.5) is 0 Å². The molecule has 0 aliphatic carbocycles. The predicted molar refractivity (Wildman–Crippen MR) is 64.3 cm³/mol. The Hall–Kier alpha value is -1.45. The van der Waals surface area contributed by atoms with E-state index in [1.807, 2.05) is 0 Å². The lowest BCUT2D eigenvalue weighted by Gasteiger charge is -2.30. The van der Waals surface area contributed by atoms with E-state index in [0.29, 0.717) is 26.1 Å². The van der Waals surface area contributed by atoms with Crippen LogP contribution in [-0.2, 0) is 14.8 Å². The van der Waals surface area contributed by atoms with E-state index in [0.717, 1.165) is 6.20 Å². The normalized spacial score (nSPS) is 17.8. The van der Waals surface area contributed by atoms with Crippen molar-refractivity contribution < 1.29 is 23.1 Å². The minimum atomic E-state index is -3.89. The second-order valence-corrected chi connectivity index (χ2v) is 6.22. The van der Waals surface area contributed by atoms with Gasteiger partial charge in [-0.2, -0.15) is 9.40 Å². The molecule has 2 heterocycles. The third-order valence-electron chi connectivity index (χ3n) is 3.18. The summed E-state index contributed by atoms with van der Waals surface area (Å²) in [7, 11) is -2.45. The highest BCUT2D eigenvalue weighted by molar-refractivity contribution is 7.89. The first kappa shape index (κ1) is 14.0. The number of H-pyrrole nitrogens is 1. The predicted octanol–water partition coefficient (Wildman–Crippen LogP) is -0.0926. The van der Waals surface area contributed by atoms with Gasteiger partial charge in [0, 0.05) is 26.3 Å². The maximum absolute atomic E-state index is 12.4. The fourth-order valence-corrected chi connectivity index (χ4v) is 3.49. The molecule has 2 rings (SSSR count). The van der Waals surface area contributed by atoms with Gasteiger partial charge in [-0.15, -0.1) is 0 Å². The third-order valence-corrected chi connectivity index (χ3v) is 5.06. The molecule has 106 valence electrons. The molecule has 2 N–H and O–H groups in total. The van der Waals surface area contributed by atoms with Gasteiger partial charge in [-0.3, -0.25) is 5.10 Å². The molecule has 0 unspecified atom stereocenters. The topological polar surface area (TPSA) is 113 Å². The van der Waals surface area contributed by atoms with Crippen LogP contribution in [0.2, 0.25) is 0 Å². The number of carbonyl (C=O) groups is 1. The van der Waals surface area contributed by atoms with E-state index in [1.165, 1.54) is 11.4 Å². The SMILES string of the molecule is CN(C1CCOCC1)S(=O)(=O)c1[nH]ncc1C(=O)O. The second kappa shape index (κ2) is 5.27. The standard InChI is InChI=1S/C10H15N3O5S/c1-13(7-2-4-18-5-3-7)19(16,17)9-8(10(14)15)6-11-12-9/h6-7H,2-5H2,1H3,(H,11,12)(H,14,15). The minimum Gasteiger partial charge on any atom is -0.478 e. The highest BCUT2D eigenvalue weighted by Gasteiger charge is 2.33. The number of aromatic nitrogens is 2. The van der Waals surface area contributed by atoms with Crippen molar-refractivity contribution in [3.8, 4) is 0 Å². The molecule has 0 amide bonds. The number of nitrogens with zero attached hydrogens (tertiary/aromatic N) is 2. The number of carboxylic acids is 1. The molecule has 1 aromatic heterocycles. The first-order valence-electron chi connectivity index (χ1n) is 5.77. The number of hydrogen-bond acceptors (Lipinski definition) is 5. The van der Waals surface area contributed by atoms with Gasteiger partial charge >= 0.3 is 5.97 Å². The van der Waals surface area contributed by atoms with Gasteiger partial charge in [0.1, 0.15) is 5.56 Å². The van der Waals surface area contributed by atoms with Gasteiger partial charge in [-0.1, -0.05) is 0 Å². The molecule has 1 aromatic rings. The molecule has 0 saturated carbocycles. The van der Waals surface area contributed by atoms with Crippen molar-refractivity contribution in [3.05, 3.63) is 11.8 Å². The summed E-state index contributed by atoms with van der Waals surface area (Å²) < 4.78 is 31.1. The molecular weight excluding hydrogens is 274 g/mol. The lowest BCUT2D eigenvalue weighted by atomic mass is 10.1. The Morgan fingerprint density at radius 1 is 1.53 bits per heavy atom. The number of aromatic amines is 1. The van der Waals surface area contributed by atoms with E-state index in [2.05, 4.69) is 10.2 Å². The second-order valence-electron chi connectivity index (χ2n) is 4.28. The van der Waals surface area contributed by atoms with Gasteiger partial charge < -0.3 is 9.84 Å². The molecular formula is C10H15N3O5S. The van der Waals surface area contributed by atoms with E-state index in [1.54, 1.807) is 0 Å². The molecule has 1 saturated heterocycles. The Kier molecular flexibility index (Phi) is 3.88. The Morgan fingerprint density at radius 3 is 2.74 bits per heavy atom. The molecule has 8 nitrogen and oxygen atoms in total. The van der Waals surface area contributed by atoms with Gasteiger partial charge in [-0.05, 0) is 12.8 Å². The first-order chi connectivity index (χ1) is 8.94. The Morgan fingerprint density at radius 2 is 2.16 bits per heavy atom. The number of rotatable bonds is 4. The summed E-state index contributed by atoms with van der Waals surface area (Å²) >= 11 is 0. The molecule has 1 fully saturated rings. The largest absolute Gasteiger partial charge is 0.478 e. The van der Waals surface area contributed by atoms with Crippen LogP contribution in [0.15, 0.2) is 11.2 Å². The van der Waals surface area contributed by atoms with Crippen LogP contribution in [0.5, 0.6) is 0 Å². The fourth-order valence-electron chi connectivity index (χ4n) is 2.01. The smallest absolute Gasteiger partial charge is 0.340 e. The number of ether oxygens (including phenoxy) is 1. The van der Waals surface area contributed by atoms with Gasteiger partial charge in [0.15, 0.2) is 5.03 Å². The van der Waals surface area contributed by atoms with Crippen LogP contribution < -0.4 is 0 Å². The summed E-state index contributed by atoms with van der Waals surface area (Å²) in [4.78, 5) is 11.0. The van der Waals surface area contributed by atoms with Crippen LogP contribution in [0.25, 0.3) is 0 Å². The molecule has 0 atom stereocenters. The monoisotopic (exact) mass is 289 g/mol. The maximum Gasteiger partial charge on any atom is 0.340 e. The molecule has 0 radical (unpaired) electrons. The maximum atomic E-state index is 12.4. The molecule has 0 spiro atoms. The fraction of sp³-hybridized carbons (Fsp3) is 0.600. The van der Waals surface area contributed by atoms with Crippen LogP contribution in [0, 0.1) is 0 Å². The Balaban J connectivity index is 2.30. The summed E-state index contributed by atoms with van der Waals surface area (Å²) in [5.74, 6) is -1.33. The Labute approximate surface area is 110 Å². The van der Waals surface area contributed by atoms with Crippen molar-refractivity contribution >= 4 is 16.0 Å². The molecule has 9 heteroatoms. The minimum absolute atomic E-state index is 0.191. The van der Waals surface area contributed by atoms with Crippen LogP contribution in [-0.4, -0.2) is 60.3 Å². The van der Waals surface area contributed by atoms with Crippen LogP contribution >= 0.6 is 0 Å². The quantitative estimate of drug-likeness (QED) is 0.801. The lowest BCUT2D eigenvalue weighted by molar-refractivity contribution is 0.0628. The third kappa shape index (κ3) is 2.62. The molecule has 19 heavy (non-hydrogen) atoms. The summed E-state index contributed by atoms with van der Waals surface area (Å²) in [6.07, 6.45) is 2.17. The zero-order valence-corrected chi connectivity index (χ0v) is 11.2. The first-order valence-corrected chi connectivity index (χ1v) is 7.21. The van der Waals surface area contributed by atoms with Crippen molar-refractivity contribution in [1.29, 1.82) is 0 Å². The lowest BCUT2D eigenvalue weighted by Crippen LogP contribution is -2.41. The molecule has 1 aliphatic heterocycles.